The predicted octanol–water partition coefficient (Wildman–Crippen LogP) is 4.65. The van der Waals surface area contributed by atoms with Gasteiger partial charge in [-0.1, -0.05) is 60.7 Å². The van der Waals surface area contributed by atoms with Gasteiger partial charge in [0.25, 0.3) is 0 Å². The highest BCUT2D eigenvalue weighted by Crippen LogP contribution is 2.34. The summed E-state index contributed by atoms with van der Waals surface area (Å²) >= 11 is 0. The van der Waals surface area contributed by atoms with Crippen molar-refractivity contribution in [1.82, 2.24) is 4.90 Å². The quantitative estimate of drug-likeness (QED) is 0.626. The van der Waals surface area contributed by atoms with E-state index >= 15 is 0 Å². The van der Waals surface area contributed by atoms with E-state index in [1.807, 2.05) is 84.9 Å². The number of nitrogens with zero attached hydrogens (tertiary/aromatic N) is 1. The molecular weight excluding hydrogens is 362 g/mol. The lowest BCUT2D eigenvalue weighted by molar-refractivity contribution is -0.0245. The van der Waals surface area contributed by atoms with E-state index in [0.717, 1.165) is 22.6 Å². The molecule has 1 N–H and O–H groups in total. The van der Waals surface area contributed by atoms with Crippen LogP contribution in [0.3, 0.4) is 0 Å². The van der Waals surface area contributed by atoms with E-state index in [1.165, 1.54) is 0 Å². The van der Waals surface area contributed by atoms with Crippen LogP contribution in [-0.2, 0) is 5.60 Å². The van der Waals surface area contributed by atoms with Gasteiger partial charge < -0.3 is 9.84 Å². The standard InChI is InChI=1S/C25H25NO3/c27-24(20-7-3-1-4-8-20)19-26-17-15-25(28,16-18-26)21-11-13-23(14-12-21)29-22-9-5-2-6-10-22/h1-14,28H,15-19H2. The average molecular weight is 387 g/mol. The SMILES string of the molecule is O=C(CN1CCC(O)(c2ccc(Oc3ccccc3)cc2)CC1)c1ccccc1. The molecule has 1 aliphatic heterocycles. The van der Waals surface area contributed by atoms with Crippen molar-refractivity contribution >= 4 is 5.78 Å². The molecule has 1 heterocycles. The van der Waals surface area contributed by atoms with E-state index < -0.39 is 5.60 Å². The Morgan fingerprint density at radius 1 is 0.828 bits per heavy atom. The molecule has 4 rings (SSSR count). The van der Waals surface area contributed by atoms with Gasteiger partial charge in [0.2, 0.25) is 0 Å². The minimum atomic E-state index is -0.864. The van der Waals surface area contributed by atoms with Crippen molar-refractivity contribution in [2.75, 3.05) is 19.6 Å². The van der Waals surface area contributed by atoms with Crippen molar-refractivity contribution < 1.29 is 14.6 Å². The molecular formula is C25H25NO3. The predicted molar refractivity (Wildman–Crippen MR) is 113 cm³/mol. The highest BCUT2D eigenvalue weighted by atomic mass is 16.5. The maximum atomic E-state index is 12.4. The number of piperidine rings is 1. The molecule has 0 radical (unpaired) electrons. The van der Waals surface area contributed by atoms with Crippen LogP contribution >= 0.6 is 0 Å². The second kappa shape index (κ2) is 8.60. The van der Waals surface area contributed by atoms with Crippen molar-refractivity contribution in [1.29, 1.82) is 0 Å². The number of aliphatic hydroxyl groups is 1. The first-order chi connectivity index (χ1) is 14.1. The summed E-state index contributed by atoms with van der Waals surface area (Å²) in [6.07, 6.45) is 1.21. The van der Waals surface area contributed by atoms with Gasteiger partial charge in [-0.15, -0.1) is 0 Å². The number of hydrogen-bond acceptors (Lipinski definition) is 4. The van der Waals surface area contributed by atoms with Crippen LogP contribution < -0.4 is 4.74 Å². The van der Waals surface area contributed by atoms with E-state index in [-0.39, 0.29) is 5.78 Å². The van der Waals surface area contributed by atoms with Gasteiger partial charge in [-0.05, 0) is 42.7 Å². The zero-order chi connectivity index (χ0) is 20.1. The zero-order valence-electron chi connectivity index (χ0n) is 16.3. The normalized spacial score (nSPS) is 16.3. The van der Waals surface area contributed by atoms with Crippen molar-refractivity contribution in [2.45, 2.75) is 18.4 Å². The largest absolute Gasteiger partial charge is 0.457 e. The van der Waals surface area contributed by atoms with Crippen LogP contribution in [0.2, 0.25) is 0 Å². The summed E-state index contributed by atoms with van der Waals surface area (Å²) in [5, 5.41) is 11.1. The Labute approximate surface area is 171 Å². The fourth-order valence-corrected chi connectivity index (χ4v) is 3.75. The summed E-state index contributed by atoms with van der Waals surface area (Å²) in [7, 11) is 0. The van der Waals surface area contributed by atoms with E-state index in [9.17, 15) is 9.90 Å². The van der Waals surface area contributed by atoms with Gasteiger partial charge in [0.1, 0.15) is 11.5 Å². The number of carbonyl (C=O) groups is 1. The molecule has 1 saturated heterocycles. The summed E-state index contributed by atoms with van der Waals surface area (Å²) in [6.45, 7) is 1.78. The maximum absolute atomic E-state index is 12.4. The van der Waals surface area contributed by atoms with Crippen LogP contribution in [0.25, 0.3) is 0 Å². The lowest BCUT2D eigenvalue weighted by Crippen LogP contribution is -2.44. The van der Waals surface area contributed by atoms with Crippen LogP contribution in [0.4, 0.5) is 0 Å². The highest BCUT2D eigenvalue weighted by Gasteiger charge is 2.34. The monoisotopic (exact) mass is 387 g/mol. The second-order valence-corrected chi connectivity index (χ2v) is 7.54. The molecule has 0 saturated carbocycles. The van der Waals surface area contributed by atoms with Gasteiger partial charge >= 0.3 is 0 Å². The Bertz CT molecular complexity index is 931. The Balaban J connectivity index is 1.34. The van der Waals surface area contributed by atoms with Gasteiger partial charge in [-0.2, -0.15) is 0 Å². The fourth-order valence-electron chi connectivity index (χ4n) is 3.75. The molecule has 4 nitrogen and oxygen atoms in total. The second-order valence-electron chi connectivity index (χ2n) is 7.54. The molecule has 3 aromatic carbocycles. The van der Waals surface area contributed by atoms with Gasteiger partial charge in [-0.25, -0.2) is 0 Å². The van der Waals surface area contributed by atoms with Crippen LogP contribution in [-0.4, -0.2) is 35.4 Å². The third kappa shape index (κ3) is 4.73. The number of carbonyl (C=O) groups excluding carboxylic acids is 1. The molecule has 1 fully saturated rings. The summed E-state index contributed by atoms with van der Waals surface area (Å²) in [4.78, 5) is 14.5. The number of likely N-dealkylation sites (tertiary alicyclic amines) is 1. The smallest absolute Gasteiger partial charge is 0.176 e. The van der Waals surface area contributed by atoms with Gasteiger partial charge in [-0.3, -0.25) is 9.69 Å². The first kappa shape index (κ1) is 19.4. The summed E-state index contributed by atoms with van der Waals surface area (Å²) in [5.74, 6) is 1.66. The Kier molecular flexibility index (Phi) is 5.74. The highest BCUT2D eigenvalue weighted by molar-refractivity contribution is 5.97. The molecule has 3 aromatic rings. The minimum absolute atomic E-state index is 0.124. The van der Waals surface area contributed by atoms with Crippen LogP contribution in [0, 0.1) is 0 Å². The van der Waals surface area contributed by atoms with Gasteiger partial charge in [0.15, 0.2) is 5.78 Å². The lowest BCUT2D eigenvalue weighted by Gasteiger charge is -2.38. The number of para-hydroxylation sites is 1. The summed E-state index contributed by atoms with van der Waals surface area (Å²) in [6, 6.07) is 26.7. The van der Waals surface area contributed by atoms with Crippen LogP contribution in [0.15, 0.2) is 84.9 Å². The third-order valence-corrected chi connectivity index (χ3v) is 5.52. The van der Waals surface area contributed by atoms with E-state index in [1.54, 1.807) is 0 Å². The average Bonchev–Trinajstić information content (AvgIpc) is 2.77. The van der Waals surface area contributed by atoms with E-state index in [0.29, 0.717) is 32.5 Å². The van der Waals surface area contributed by atoms with E-state index in [4.69, 9.17) is 4.74 Å². The molecule has 0 bridgehead atoms. The molecule has 1 aliphatic rings. The topological polar surface area (TPSA) is 49.8 Å². The Morgan fingerprint density at radius 3 is 2.00 bits per heavy atom. The van der Waals surface area contributed by atoms with E-state index in [2.05, 4.69) is 4.90 Å². The van der Waals surface area contributed by atoms with Crippen molar-refractivity contribution in [3.8, 4) is 11.5 Å². The molecule has 4 heteroatoms. The van der Waals surface area contributed by atoms with Crippen molar-refractivity contribution in [3.05, 3.63) is 96.1 Å². The van der Waals surface area contributed by atoms with Gasteiger partial charge in [0, 0.05) is 18.7 Å². The Hall–Kier alpha value is -2.95. The van der Waals surface area contributed by atoms with Gasteiger partial charge in [0.05, 0.1) is 12.1 Å². The molecule has 148 valence electrons. The van der Waals surface area contributed by atoms with Crippen molar-refractivity contribution in [2.24, 2.45) is 0 Å². The number of ether oxygens (including phenoxy) is 1. The third-order valence-electron chi connectivity index (χ3n) is 5.52. The first-order valence-electron chi connectivity index (χ1n) is 9.99. The maximum Gasteiger partial charge on any atom is 0.176 e. The molecule has 0 aliphatic carbocycles. The number of rotatable bonds is 6. The fraction of sp³-hybridized carbons (Fsp3) is 0.240. The molecule has 0 spiro atoms. The molecule has 0 unspecified atom stereocenters. The van der Waals surface area contributed by atoms with Crippen LogP contribution in [0.5, 0.6) is 11.5 Å². The minimum Gasteiger partial charge on any atom is -0.457 e. The molecule has 0 amide bonds. The molecule has 0 aromatic heterocycles. The first-order valence-corrected chi connectivity index (χ1v) is 9.99. The van der Waals surface area contributed by atoms with Crippen LogP contribution in [0.1, 0.15) is 28.8 Å². The summed E-state index contributed by atoms with van der Waals surface area (Å²) in [5.41, 5.74) is 0.770. The number of Topliss-reactive ketones (excluding diaryl/α,β-unsaturated/α-hetero) is 1. The molecule has 0 atom stereocenters. The number of ketones is 1. The number of hydrogen-bond donors (Lipinski definition) is 1. The lowest BCUT2D eigenvalue weighted by atomic mass is 9.84. The zero-order valence-corrected chi connectivity index (χ0v) is 16.3. The number of benzene rings is 3. The summed E-state index contributed by atoms with van der Waals surface area (Å²) < 4.78 is 5.83. The van der Waals surface area contributed by atoms with Crippen molar-refractivity contribution in [3.63, 3.8) is 0 Å². The Morgan fingerprint density at radius 2 is 1.38 bits per heavy atom. The molecule has 29 heavy (non-hydrogen) atoms.